The minimum Gasteiger partial charge on any atom is -0.493 e. The quantitative estimate of drug-likeness (QED) is 0.582. The summed E-state index contributed by atoms with van der Waals surface area (Å²) in [5.41, 5.74) is 1.06. The molecule has 0 heterocycles. The summed E-state index contributed by atoms with van der Waals surface area (Å²) in [4.78, 5) is 0. The maximum atomic E-state index is 5.53. The minimum atomic E-state index is 0.645. The van der Waals surface area contributed by atoms with E-state index in [1.807, 2.05) is 31.3 Å². The zero-order valence-corrected chi connectivity index (χ0v) is 8.47. The highest BCUT2D eigenvalue weighted by molar-refractivity contribution is 6.17. The molecule has 1 rings (SSSR count). The van der Waals surface area contributed by atoms with Crippen LogP contribution in [0.5, 0.6) is 5.75 Å². The zero-order chi connectivity index (χ0) is 9.52. The standard InChI is InChI=1S/C10H14ClNO/c1-12-9-4-2-5-10(8-9)13-7-3-6-11/h2,4-5,8,12H,3,6-7H2,1H3. The fourth-order valence-electron chi connectivity index (χ4n) is 0.986. The van der Waals surface area contributed by atoms with Crippen LogP contribution in [0.15, 0.2) is 24.3 Å². The molecule has 0 bridgehead atoms. The summed E-state index contributed by atoms with van der Waals surface area (Å²) in [7, 11) is 1.89. The van der Waals surface area contributed by atoms with Crippen LogP contribution >= 0.6 is 11.6 Å². The Bertz CT molecular complexity index is 252. The topological polar surface area (TPSA) is 21.3 Å². The maximum absolute atomic E-state index is 5.53. The second-order valence-corrected chi connectivity index (χ2v) is 3.05. The van der Waals surface area contributed by atoms with Gasteiger partial charge in [0, 0.05) is 24.7 Å². The molecule has 0 aliphatic heterocycles. The van der Waals surface area contributed by atoms with Gasteiger partial charge in [0.25, 0.3) is 0 Å². The molecule has 2 nitrogen and oxygen atoms in total. The van der Waals surface area contributed by atoms with Crippen LogP contribution in [0, 0.1) is 0 Å². The summed E-state index contributed by atoms with van der Waals surface area (Å²) in [6.45, 7) is 0.677. The molecule has 0 fully saturated rings. The number of halogens is 1. The molecule has 0 saturated carbocycles. The highest BCUT2D eigenvalue weighted by Crippen LogP contribution is 2.16. The van der Waals surface area contributed by atoms with Crippen LogP contribution in [0.25, 0.3) is 0 Å². The van der Waals surface area contributed by atoms with Gasteiger partial charge in [0.15, 0.2) is 0 Å². The Morgan fingerprint density at radius 2 is 2.31 bits per heavy atom. The number of nitrogens with one attached hydrogen (secondary N) is 1. The lowest BCUT2D eigenvalue weighted by Crippen LogP contribution is -1.98. The Hall–Kier alpha value is -0.890. The van der Waals surface area contributed by atoms with Gasteiger partial charge >= 0.3 is 0 Å². The molecule has 0 aromatic heterocycles. The smallest absolute Gasteiger partial charge is 0.121 e. The predicted octanol–water partition coefficient (Wildman–Crippen LogP) is 2.74. The number of anilines is 1. The highest BCUT2D eigenvalue weighted by atomic mass is 35.5. The van der Waals surface area contributed by atoms with Crippen LogP contribution in [-0.2, 0) is 0 Å². The van der Waals surface area contributed by atoms with Crippen molar-refractivity contribution in [3.63, 3.8) is 0 Å². The van der Waals surface area contributed by atoms with Gasteiger partial charge in [-0.1, -0.05) is 6.07 Å². The zero-order valence-electron chi connectivity index (χ0n) is 7.72. The Balaban J connectivity index is 2.46. The molecular weight excluding hydrogens is 186 g/mol. The molecule has 3 heteroatoms. The monoisotopic (exact) mass is 199 g/mol. The SMILES string of the molecule is CNc1cccc(OCCCCl)c1. The number of ether oxygens (including phenoxy) is 1. The number of alkyl halides is 1. The minimum absolute atomic E-state index is 0.645. The Labute approximate surface area is 83.9 Å². The summed E-state index contributed by atoms with van der Waals surface area (Å²) in [6, 6.07) is 7.86. The first-order valence-electron chi connectivity index (χ1n) is 4.33. The molecule has 0 unspecified atom stereocenters. The summed E-state index contributed by atoms with van der Waals surface area (Å²) in [5.74, 6) is 1.53. The van der Waals surface area contributed by atoms with Crippen molar-refractivity contribution in [2.75, 3.05) is 24.9 Å². The first-order valence-corrected chi connectivity index (χ1v) is 4.87. The van der Waals surface area contributed by atoms with E-state index in [1.54, 1.807) is 0 Å². The fourth-order valence-corrected chi connectivity index (χ4v) is 1.10. The fraction of sp³-hybridized carbons (Fsp3) is 0.400. The summed E-state index contributed by atoms with van der Waals surface area (Å²) in [5, 5.41) is 3.05. The largest absolute Gasteiger partial charge is 0.493 e. The third-order valence-corrected chi connectivity index (χ3v) is 1.94. The molecule has 0 aliphatic rings. The van der Waals surface area contributed by atoms with Crippen LogP contribution in [0.2, 0.25) is 0 Å². The molecule has 1 aromatic carbocycles. The van der Waals surface area contributed by atoms with Gasteiger partial charge in [-0.25, -0.2) is 0 Å². The van der Waals surface area contributed by atoms with E-state index in [4.69, 9.17) is 16.3 Å². The van der Waals surface area contributed by atoms with Gasteiger partial charge in [0.2, 0.25) is 0 Å². The lowest BCUT2D eigenvalue weighted by molar-refractivity contribution is 0.318. The van der Waals surface area contributed by atoms with Crippen molar-refractivity contribution in [2.24, 2.45) is 0 Å². The summed E-state index contributed by atoms with van der Waals surface area (Å²) >= 11 is 5.53. The Morgan fingerprint density at radius 1 is 1.46 bits per heavy atom. The van der Waals surface area contributed by atoms with Crippen molar-refractivity contribution in [3.8, 4) is 5.75 Å². The van der Waals surface area contributed by atoms with Crippen molar-refractivity contribution < 1.29 is 4.74 Å². The van der Waals surface area contributed by atoms with Crippen molar-refractivity contribution in [1.29, 1.82) is 0 Å². The molecule has 0 aliphatic carbocycles. The molecule has 0 saturated heterocycles. The summed E-state index contributed by atoms with van der Waals surface area (Å²) < 4.78 is 5.46. The van der Waals surface area contributed by atoms with Gasteiger partial charge in [-0.3, -0.25) is 0 Å². The second kappa shape index (κ2) is 5.70. The third kappa shape index (κ3) is 3.55. The summed E-state index contributed by atoms with van der Waals surface area (Å²) in [6.07, 6.45) is 0.880. The highest BCUT2D eigenvalue weighted by Gasteiger charge is 1.94. The van der Waals surface area contributed by atoms with E-state index < -0.39 is 0 Å². The van der Waals surface area contributed by atoms with Crippen LogP contribution in [0.4, 0.5) is 5.69 Å². The first-order chi connectivity index (χ1) is 6.36. The normalized spacial score (nSPS) is 9.69. The number of benzene rings is 1. The van der Waals surface area contributed by atoms with Gasteiger partial charge in [-0.05, 0) is 18.6 Å². The average molecular weight is 200 g/mol. The number of hydrogen-bond donors (Lipinski definition) is 1. The van der Waals surface area contributed by atoms with Gasteiger partial charge in [-0.15, -0.1) is 11.6 Å². The molecular formula is C10H14ClNO. The maximum Gasteiger partial charge on any atom is 0.121 e. The molecule has 72 valence electrons. The lowest BCUT2D eigenvalue weighted by atomic mass is 10.3. The van der Waals surface area contributed by atoms with E-state index in [1.165, 1.54) is 0 Å². The average Bonchev–Trinajstić information content (AvgIpc) is 2.19. The Morgan fingerprint density at radius 3 is 3.00 bits per heavy atom. The number of rotatable bonds is 5. The van der Waals surface area contributed by atoms with Crippen molar-refractivity contribution >= 4 is 17.3 Å². The van der Waals surface area contributed by atoms with Crippen molar-refractivity contribution in [2.45, 2.75) is 6.42 Å². The van der Waals surface area contributed by atoms with E-state index in [-0.39, 0.29) is 0 Å². The second-order valence-electron chi connectivity index (χ2n) is 2.67. The van der Waals surface area contributed by atoms with Gasteiger partial charge < -0.3 is 10.1 Å². The van der Waals surface area contributed by atoms with Crippen LogP contribution in [0.3, 0.4) is 0 Å². The van der Waals surface area contributed by atoms with Crippen LogP contribution < -0.4 is 10.1 Å². The van der Waals surface area contributed by atoms with E-state index >= 15 is 0 Å². The van der Waals surface area contributed by atoms with Gasteiger partial charge in [0.1, 0.15) is 5.75 Å². The Kier molecular flexibility index (Phi) is 4.47. The molecule has 0 atom stereocenters. The van der Waals surface area contributed by atoms with Crippen molar-refractivity contribution in [1.82, 2.24) is 0 Å². The van der Waals surface area contributed by atoms with E-state index in [0.29, 0.717) is 12.5 Å². The molecule has 1 aromatic rings. The van der Waals surface area contributed by atoms with E-state index in [2.05, 4.69) is 5.32 Å². The van der Waals surface area contributed by atoms with Gasteiger partial charge in [-0.2, -0.15) is 0 Å². The first kappa shape index (κ1) is 10.2. The molecule has 0 amide bonds. The van der Waals surface area contributed by atoms with Crippen LogP contribution in [0.1, 0.15) is 6.42 Å². The van der Waals surface area contributed by atoms with Gasteiger partial charge in [0.05, 0.1) is 6.61 Å². The molecule has 1 N–H and O–H groups in total. The van der Waals surface area contributed by atoms with E-state index in [9.17, 15) is 0 Å². The van der Waals surface area contributed by atoms with Crippen molar-refractivity contribution in [3.05, 3.63) is 24.3 Å². The molecule has 0 spiro atoms. The lowest BCUT2D eigenvalue weighted by Gasteiger charge is -2.06. The van der Waals surface area contributed by atoms with E-state index in [0.717, 1.165) is 17.9 Å². The number of hydrogen-bond acceptors (Lipinski definition) is 2. The molecule has 13 heavy (non-hydrogen) atoms. The predicted molar refractivity (Wildman–Crippen MR) is 56.8 cm³/mol. The molecule has 0 radical (unpaired) electrons. The van der Waals surface area contributed by atoms with Crippen LogP contribution in [-0.4, -0.2) is 19.5 Å². The third-order valence-electron chi connectivity index (χ3n) is 1.67.